The van der Waals surface area contributed by atoms with E-state index < -0.39 is 0 Å². The Balaban J connectivity index is 1.92. The van der Waals surface area contributed by atoms with E-state index in [0.29, 0.717) is 17.7 Å². The van der Waals surface area contributed by atoms with Gasteiger partial charge in [0.1, 0.15) is 12.1 Å². The summed E-state index contributed by atoms with van der Waals surface area (Å²) in [5, 5.41) is 7.72. The van der Waals surface area contributed by atoms with Crippen LogP contribution in [0.25, 0.3) is 5.78 Å². The molecule has 0 bridgehead atoms. The molecule has 6 nitrogen and oxygen atoms in total. The van der Waals surface area contributed by atoms with Gasteiger partial charge in [-0.1, -0.05) is 13.8 Å². The molecule has 22 heavy (non-hydrogen) atoms. The van der Waals surface area contributed by atoms with E-state index in [0.717, 1.165) is 31.0 Å². The Bertz CT molecular complexity index is 589. The second-order valence-corrected chi connectivity index (χ2v) is 6.40. The van der Waals surface area contributed by atoms with Crippen molar-refractivity contribution in [3.8, 4) is 0 Å². The molecular weight excluding hydrogens is 276 g/mol. The van der Waals surface area contributed by atoms with Crippen molar-refractivity contribution in [2.24, 2.45) is 0 Å². The van der Waals surface area contributed by atoms with Gasteiger partial charge in [-0.05, 0) is 46.2 Å². The van der Waals surface area contributed by atoms with Crippen LogP contribution < -0.4 is 5.32 Å². The SMILES string of the molecule is CC(C)c1cc(NCCCCN(C)C(C)C)n2ncnc2n1. The highest BCUT2D eigenvalue weighted by Gasteiger charge is 2.09. The first-order valence-corrected chi connectivity index (χ1v) is 8.14. The first-order valence-electron chi connectivity index (χ1n) is 8.14. The van der Waals surface area contributed by atoms with Gasteiger partial charge < -0.3 is 10.2 Å². The molecule has 0 saturated heterocycles. The summed E-state index contributed by atoms with van der Waals surface area (Å²) >= 11 is 0. The number of nitrogens with zero attached hydrogens (tertiary/aromatic N) is 5. The van der Waals surface area contributed by atoms with Crippen molar-refractivity contribution in [2.75, 3.05) is 25.5 Å². The average Bonchev–Trinajstić information content (AvgIpc) is 2.94. The van der Waals surface area contributed by atoms with Gasteiger partial charge in [-0.25, -0.2) is 4.98 Å². The summed E-state index contributed by atoms with van der Waals surface area (Å²) in [7, 11) is 2.18. The third-order valence-electron chi connectivity index (χ3n) is 3.99. The van der Waals surface area contributed by atoms with Gasteiger partial charge in [0.2, 0.25) is 0 Å². The molecule has 2 rings (SSSR count). The highest BCUT2D eigenvalue weighted by atomic mass is 15.3. The van der Waals surface area contributed by atoms with Crippen molar-refractivity contribution in [3.63, 3.8) is 0 Å². The van der Waals surface area contributed by atoms with Gasteiger partial charge in [0.15, 0.2) is 0 Å². The topological polar surface area (TPSA) is 58.4 Å². The Morgan fingerprint density at radius 1 is 1.23 bits per heavy atom. The Morgan fingerprint density at radius 3 is 2.68 bits per heavy atom. The van der Waals surface area contributed by atoms with Crippen LogP contribution in [0.3, 0.4) is 0 Å². The number of anilines is 1. The Labute approximate surface area is 133 Å². The fraction of sp³-hybridized carbons (Fsp3) is 0.688. The molecule has 0 fully saturated rings. The van der Waals surface area contributed by atoms with Crippen LogP contribution in [0.1, 0.15) is 52.1 Å². The predicted molar refractivity (Wildman–Crippen MR) is 90.4 cm³/mol. The summed E-state index contributed by atoms with van der Waals surface area (Å²) in [5.41, 5.74) is 1.04. The van der Waals surface area contributed by atoms with Crippen molar-refractivity contribution in [3.05, 3.63) is 18.1 Å². The standard InChI is InChI=1S/C16H28N6/c1-12(2)14-10-15(22-16(20-14)18-11-19-22)17-8-6-7-9-21(5)13(3)4/h10-13,17H,6-9H2,1-5H3. The van der Waals surface area contributed by atoms with Crippen LogP contribution in [0.4, 0.5) is 5.82 Å². The quantitative estimate of drug-likeness (QED) is 0.760. The Morgan fingerprint density at radius 2 is 2.00 bits per heavy atom. The minimum atomic E-state index is 0.377. The second-order valence-electron chi connectivity index (χ2n) is 6.40. The zero-order valence-electron chi connectivity index (χ0n) is 14.4. The lowest BCUT2D eigenvalue weighted by Gasteiger charge is -2.20. The smallest absolute Gasteiger partial charge is 0.254 e. The fourth-order valence-corrected chi connectivity index (χ4v) is 2.21. The van der Waals surface area contributed by atoms with Crippen molar-refractivity contribution in [1.82, 2.24) is 24.5 Å². The van der Waals surface area contributed by atoms with Crippen molar-refractivity contribution in [1.29, 1.82) is 0 Å². The number of fused-ring (bicyclic) bond motifs is 1. The first kappa shape index (κ1) is 16.7. The molecule has 122 valence electrons. The predicted octanol–water partition coefficient (Wildman–Crippen LogP) is 2.78. The average molecular weight is 304 g/mol. The number of nitrogens with one attached hydrogen (secondary N) is 1. The maximum Gasteiger partial charge on any atom is 0.254 e. The van der Waals surface area contributed by atoms with Gasteiger partial charge >= 0.3 is 0 Å². The number of aromatic nitrogens is 4. The highest BCUT2D eigenvalue weighted by molar-refractivity contribution is 5.45. The number of unbranched alkanes of at least 4 members (excludes halogenated alkanes) is 1. The zero-order valence-corrected chi connectivity index (χ0v) is 14.4. The van der Waals surface area contributed by atoms with Crippen LogP contribution >= 0.6 is 0 Å². The van der Waals surface area contributed by atoms with E-state index in [1.54, 1.807) is 10.8 Å². The van der Waals surface area contributed by atoms with E-state index in [9.17, 15) is 0 Å². The summed E-state index contributed by atoms with van der Waals surface area (Å²) in [5.74, 6) is 2.01. The van der Waals surface area contributed by atoms with Gasteiger partial charge in [0.25, 0.3) is 5.78 Å². The summed E-state index contributed by atoms with van der Waals surface area (Å²) in [6, 6.07) is 2.68. The van der Waals surface area contributed by atoms with Crippen molar-refractivity contribution >= 4 is 11.6 Å². The molecule has 0 radical (unpaired) electrons. The summed E-state index contributed by atoms with van der Waals surface area (Å²) in [6.45, 7) is 10.8. The molecule has 0 spiro atoms. The van der Waals surface area contributed by atoms with Gasteiger partial charge in [-0.15, -0.1) is 0 Å². The van der Waals surface area contributed by atoms with E-state index in [-0.39, 0.29) is 0 Å². The van der Waals surface area contributed by atoms with Gasteiger partial charge in [0.05, 0.1) is 5.69 Å². The minimum absolute atomic E-state index is 0.377. The van der Waals surface area contributed by atoms with E-state index in [1.165, 1.54) is 6.42 Å². The molecule has 0 aliphatic carbocycles. The molecule has 0 atom stereocenters. The molecule has 2 aromatic rings. The molecule has 0 saturated carbocycles. The van der Waals surface area contributed by atoms with Gasteiger partial charge in [0, 0.05) is 18.7 Å². The highest BCUT2D eigenvalue weighted by Crippen LogP contribution is 2.17. The van der Waals surface area contributed by atoms with Crippen LogP contribution in [-0.2, 0) is 0 Å². The normalized spacial score (nSPS) is 12.0. The largest absolute Gasteiger partial charge is 0.370 e. The molecule has 0 amide bonds. The fourth-order valence-electron chi connectivity index (χ4n) is 2.21. The maximum atomic E-state index is 4.53. The Kier molecular flexibility index (Phi) is 5.71. The van der Waals surface area contributed by atoms with E-state index in [4.69, 9.17) is 0 Å². The van der Waals surface area contributed by atoms with Crippen LogP contribution in [0, 0.1) is 0 Å². The van der Waals surface area contributed by atoms with Gasteiger partial charge in [-0.2, -0.15) is 14.6 Å². The number of rotatable bonds is 8. The lowest BCUT2D eigenvalue weighted by Crippen LogP contribution is -2.27. The molecule has 2 heterocycles. The Hall–Kier alpha value is -1.69. The third kappa shape index (κ3) is 4.16. The first-order chi connectivity index (χ1) is 10.5. The van der Waals surface area contributed by atoms with Gasteiger partial charge in [-0.3, -0.25) is 0 Å². The zero-order chi connectivity index (χ0) is 16.1. The molecule has 1 N–H and O–H groups in total. The molecule has 0 unspecified atom stereocenters. The number of hydrogen-bond donors (Lipinski definition) is 1. The lowest BCUT2D eigenvalue weighted by molar-refractivity contribution is 0.269. The molecular formula is C16H28N6. The maximum absolute atomic E-state index is 4.53. The van der Waals surface area contributed by atoms with Crippen molar-refractivity contribution < 1.29 is 0 Å². The van der Waals surface area contributed by atoms with Crippen LogP contribution in [0.15, 0.2) is 12.4 Å². The molecule has 0 aliphatic rings. The third-order valence-corrected chi connectivity index (χ3v) is 3.99. The van der Waals surface area contributed by atoms with Crippen LogP contribution in [0.5, 0.6) is 0 Å². The van der Waals surface area contributed by atoms with Crippen LogP contribution in [0.2, 0.25) is 0 Å². The molecule has 0 aliphatic heterocycles. The summed E-state index contributed by atoms with van der Waals surface area (Å²) in [6.07, 6.45) is 3.87. The summed E-state index contributed by atoms with van der Waals surface area (Å²) < 4.78 is 1.77. The second kappa shape index (κ2) is 7.54. The monoisotopic (exact) mass is 304 g/mol. The molecule has 6 heteroatoms. The van der Waals surface area contributed by atoms with E-state index in [1.807, 2.05) is 0 Å². The van der Waals surface area contributed by atoms with Crippen molar-refractivity contribution in [2.45, 2.75) is 52.5 Å². The number of hydrogen-bond acceptors (Lipinski definition) is 5. The minimum Gasteiger partial charge on any atom is -0.370 e. The van der Waals surface area contributed by atoms with E-state index in [2.05, 4.69) is 66.1 Å². The molecule has 0 aromatic carbocycles. The van der Waals surface area contributed by atoms with E-state index >= 15 is 0 Å². The summed E-state index contributed by atoms with van der Waals surface area (Å²) in [4.78, 5) is 11.1. The van der Waals surface area contributed by atoms with Crippen LogP contribution in [-0.4, -0.2) is 50.7 Å². The lowest BCUT2D eigenvalue weighted by atomic mass is 10.1. The molecule has 2 aromatic heterocycles.